The van der Waals surface area contributed by atoms with E-state index in [1.165, 1.54) is 5.56 Å². The van der Waals surface area contributed by atoms with E-state index in [0.29, 0.717) is 23.5 Å². The number of benzene rings is 1. The van der Waals surface area contributed by atoms with E-state index in [2.05, 4.69) is 30.5 Å². The van der Waals surface area contributed by atoms with Crippen LogP contribution >= 0.6 is 0 Å². The highest BCUT2D eigenvalue weighted by atomic mass is 16.5. The van der Waals surface area contributed by atoms with Crippen LogP contribution in [0.15, 0.2) is 24.3 Å². The highest BCUT2D eigenvalue weighted by Crippen LogP contribution is 2.54. The molecule has 0 spiro atoms. The molecule has 1 aromatic rings. The predicted molar refractivity (Wildman–Crippen MR) is 85.0 cm³/mol. The van der Waals surface area contributed by atoms with E-state index < -0.39 is 0 Å². The molecular weight excluding hydrogens is 262 g/mol. The second-order valence-corrected chi connectivity index (χ2v) is 6.25. The van der Waals surface area contributed by atoms with Gasteiger partial charge in [0, 0.05) is 22.9 Å². The maximum Gasteiger partial charge on any atom is 0.161 e. The van der Waals surface area contributed by atoms with E-state index in [4.69, 9.17) is 4.74 Å². The van der Waals surface area contributed by atoms with Crippen molar-refractivity contribution in [1.82, 2.24) is 5.32 Å². The summed E-state index contributed by atoms with van der Waals surface area (Å²) in [5.74, 6) is 1.39. The van der Waals surface area contributed by atoms with Crippen LogP contribution in [0.3, 0.4) is 0 Å². The highest BCUT2D eigenvalue weighted by Gasteiger charge is 2.48. The van der Waals surface area contributed by atoms with E-state index >= 15 is 0 Å². The minimum absolute atomic E-state index is 0.0225. The molecule has 3 atom stereocenters. The summed E-state index contributed by atoms with van der Waals surface area (Å²) in [5, 5.41) is 14.2. The molecule has 0 saturated carbocycles. The van der Waals surface area contributed by atoms with Gasteiger partial charge in [0.1, 0.15) is 0 Å². The van der Waals surface area contributed by atoms with Crippen LogP contribution in [0.5, 0.6) is 11.5 Å². The Balaban J connectivity index is 2.24. The number of ether oxygens (including phenoxy) is 1. The van der Waals surface area contributed by atoms with Gasteiger partial charge in [-0.2, -0.15) is 0 Å². The van der Waals surface area contributed by atoms with Crippen LogP contribution < -0.4 is 10.1 Å². The number of hydrogen-bond acceptors (Lipinski definition) is 3. The summed E-state index contributed by atoms with van der Waals surface area (Å²) < 4.78 is 5.35. The van der Waals surface area contributed by atoms with E-state index in [0.717, 1.165) is 31.2 Å². The monoisotopic (exact) mass is 287 g/mol. The standard InChI is InChI=1S/C18H25NO2/c1-4-18-10-6-5-7-13(18)14(19-2)11-12-8-9-15(21-3)17(20)16(12)18/h5,7-9,13-14,19-20H,4,6,10-11H2,1-3H3/t13-,14+,18?/m0/s1. The molecule has 3 rings (SSSR count). The summed E-state index contributed by atoms with van der Waals surface area (Å²) in [5.41, 5.74) is 2.42. The Labute approximate surface area is 127 Å². The second-order valence-electron chi connectivity index (χ2n) is 6.25. The van der Waals surface area contributed by atoms with Crippen molar-refractivity contribution < 1.29 is 9.84 Å². The largest absolute Gasteiger partial charge is 0.504 e. The van der Waals surface area contributed by atoms with Gasteiger partial charge in [-0.3, -0.25) is 0 Å². The Morgan fingerprint density at radius 1 is 1.43 bits per heavy atom. The molecule has 3 heteroatoms. The van der Waals surface area contributed by atoms with Gasteiger partial charge < -0.3 is 15.2 Å². The molecule has 2 N–H and O–H groups in total. The number of phenolic OH excluding ortho intramolecular Hbond substituents is 1. The second kappa shape index (κ2) is 5.38. The fourth-order valence-corrected chi connectivity index (χ4v) is 4.48. The first-order valence-electron chi connectivity index (χ1n) is 7.91. The van der Waals surface area contributed by atoms with Crippen molar-refractivity contribution in [1.29, 1.82) is 0 Å². The third kappa shape index (κ3) is 1.98. The number of fused-ring (bicyclic) bond motifs is 3. The van der Waals surface area contributed by atoms with Gasteiger partial charge in [-0.15, -0.1) is 0 Å². The van der Waals surface area contributed by atoms with Crippen molar-refractivity contribution in [2.24, 2.45) is 5.92 Å². The molecule has 0 fully saturated rings. The molecule has 0 aliphatic heterocycles. The summed E-state index contributed by atoms with van der Waals surface area (Å²) >= 11 is 0. The number of phenols is 1. The third-order valence-corrected chi connectivity index (χ3v) is 5.56. The maximum atomic E-state index is 10.8. The fourth-order valence-electron chi connectivity index (χ4n) is 4.48. The van der Waals surface area contributed by atoms with Crippen molar-refractivity contribution in [3.05, 3.63) is 35.4 Å². The van der Waals surface area contributed by atoms with Crippen LogP contribution in [0.1, 0.15) is 37.3 Å². The van der Waals surface area contributed by atoms with Gasteiger partial charge in [0.05, 0.1) is 7.11 Å². The SMILES string of the molecule is CCC12CCC=C[C@H]1[C@H](NC)Cc1ccc(OC)c(O)c12. The van der Waals surface area contributed by atoms with E-state index in [9.17, 15) is 5.11 Å². The molecule has 2 aliphatic carbocycles. The van der Waals surface area contributed by atoms with Crippen LogP contribution in [0, 0.1) is 5.92 Å². The van der Waals surface area contributed by atoms with Gasteiger partial charge in [-0.25, -0.2) is 0 Å². The zero-order chi connectivity index (χ0) is 15.0. The number of nitrogens with one attached hydrogen (secondary N) is 1. The molecule has 0 aromatic heterocycles. The van der Waals surface area contributed by atoms with Gasteiger partial charge in [0.15, 0.2) is 11.5 Å². The minimum atomic E-state index is 0.0225. The van der Waals surface area contributed by atoms with Crippen LogP contribution in [-0.2, 0) is 11.8 Å². The molecule has 0 bridgehead atoms. The number of hydrogen-bond donors (Lipinski definition) is 2. The first-order chi connectivity index (χ1) is 10.2. The summed E-state index contributed by atoms with van der Waals surface area (Å²) in [6, 6.07) is 4.45. The predicted octanol–water partition coefficient (Wildman–Crippen LogP) is 3.16. The Hall–Kier alpha value is -1.48. The van der Waals surface area contributed by atoms with Gasteiger partial charge >= 0.3 is 0 Å². The molecule has 1 aromatic carbocycles. The van der Waals surface area contributed by atoms with Gasteiger partial charge in [0.25, 0.3) is 0 Å². The van der Waals surface area contributed by atoms with Crippen LogP contribution in [-0.4, -0.2) is 25.3 Å². The van der Waals surface area contributed by atoms with Crippen molar-refractivity contribution in [2.75, 3.05) is 14.2 Å². The number of allylic oxidation sites excluding steroid dienone is 1. The summed E-state index contributed by atoms with van der Waals surface area (Å²) in [6.45, 7) is 2.24. The average molecular weight is 287 g/mol. The topological polar surface area (TPSA) is 41.5 Å². The summed E-state index contributed by atoms with van der Waals surface area (Å²) in [7, 11) is 3.67. The molecule has 21 heavy (non-hydrogen) atoms. The minimum Gasteiger partial charge on any atom is -0.504 e. The lowest BCUT2D eigenvalue weighted by Crippen LogP contribution is -2.51. The number of likely N-dealkylation sites (N-methyl/N-ethyl adjacent to an activating group) is 1. The normalized spacial score (nSPS) is 30.6. The average Bonchev–Trinajstić information content (AvgIpc) is 2.53. The Kier molecular flexibility index (Phi) is 3.70. The zero-order valence-electron chi connectivity index (χ0n) is 13.1. The first kappa shape index (κ1) is 14.5. The molecule has 3 nitrogen and oxygen atoms in total. The lowest BCUT2D eigenvalue weighted by Gasteiger charge is -2.50. The smallest absolute Gasteiger partial charge is 0.161 e. The Morgan fingerprint density at radius 2 is 2.24 bits per heavy atom. The zero-order valence-corrected chi connectivity index (χ0v) is 13.1. The number of rotatable bonds is 3. The quantitative estimate of drug-likeness (QED) is 0.839. The lowest BCUT2D eigenvalue weighted by molar-refractivity contribution is 0.193. The molecule has 2 aliphatic rings. The Morgan fingerprint density at radius 3 is 2.90 bits per heavy atom. The molecule has 114 valence electrons. The molecule has 1 unspecified atom stereocenters. The van der Waals surface area contributed by atoms with E-state index in [-0.39, 0.29) is 5.41 Å². The van der Waals surface area contributed by atoms with Crippen LogP contribution in [0.25, 0.3) is 0 Å². The van der Waals surface area contributed by atoms with Crippen molar-refractivity contribution in [3.8, 4) is 11.5 Å². The molecule has 0 heterocycles. The molecule has 0 amide bonds. The number of aromatic hydroxyl groups is 1. The maximum absolute atomic E-state index is 10.8. The summed E-state index contributed by atoms with van der Waals surface area (Å²) in [6.07, 6.45) is 8.82. The van der Waals surface area contributed by atoms with Gasteiger partial charge in [-0.05, 0) is 44.4 Å². The summed E-state index contributed by atoms with van der Waals surface area (Å²) in [4.78, 5) is 0. The third-order valence-electron chi connectivity index (χ3n) is 5.56. The highest BCUT2D eigenvalue weighted by molar-refractivity contribution is 5.56. The molecule has 0 radical (unpaired) electrons. The molecular formula is C18H25NO2. The number of methoxy groups -OCH3 is 1. The van der Waals surface area contributed by atoms with Crippen molar-refractivity contribution in [2.45, 2.75) is 44.1 Å². The first-order valence-corrected chi connectivity index (χ1v) is 7.91. The van der Waals surface area contributed by atoms with Gasteiger partial charge in [-0.1, -0.05) is 25.1 Å². The van der Waals surface area contributed by atoms with Crippen molar-refractivity contribution >= 4 is 0 Å². The van der Waals surface area contributed by atoms with Crippen LogP contribution in [0.4, 0.5) is 0 Å². The lowest BCUT2D eigenvalue weighted by atomic mass is 9.56. The van der Waals surface area contributed by atoms with Gasteiger partial charge in [0.2, 0.25) is 0 Å². The fraction of sp³-hybridized carbons (Fsp3) is 0.556. The van der Waals surface area contributed by atoms with E-state index in [1.54, 1.807) is 7.11 Å². The molecule has 0 saturated heterocycles. The Bertz CT molecular complexity index is 567. The van der Waals surface area contributed by atoms with Crippen LogP contribution in [0.2, 0.25) is 0 Å². The van der Waals surface area contributed by atoms with E-state index in [1.807, 2.05) is 13.1 Å². The van der Waals surface area contributed by atoms with Crippen molar-refractivity contribution in [3.63, 3.8) is 0 Å².